The molecule has 0 saturated heterocycles. The van der Waals surface area contributed by atoms with Crippen LogP contribution in [0.25, 0.3) is 6.08 Å². The first kappa shape index (κ1) is 18.2. The second kappa shape index (κ2) is 8.23. The van der Waals surface area contributed by atoms with Gasteiger partial charge in [-0.15, -0.1) is 0 Å². The van der Waals surface area contributed by atoms with Gasteiger partial charge in [0, 0.05) is 15.6 Å². The van der Waals surface area contributed by atoms with E-state index >= 15 is 0 Å². The second-order valence-corrected chi connectivity index (χ2v) is 7.07. The van der Waals surface area contributed by atoms with Gasteiger partial charge in [0.15, 0.2) is 5.70 Å². The molecule has 3 aromatic rings. The topological polar surface area (TPSA) is 47.9 Å². The molecule has 0 unspecified atom stereocenters. The highest BCUT2D eigenvalue weighted by atomic mass is 79.9. The Bertz CT molecular complexity index is 1060. The molecule has 1 heterocycles. The zero-order chi connectivity index (χ0) is 19.3. The van der Waals surface area contributed by atoms with Crippen LogP contribution in [0.2, 0.25) is 0 Å². The van der Waals surface area contributed by atoms with E-state index in [-0.39, 0.29) is 5.70 Å². The third kappa shape index (κ3) is 4.21. The van der Waals surface area contributed by atoms with Gasteiger partial charge in [-0.1, -0.05) is 64.5 Å². The average molecular weight is 434 g/mol. The molecule has 0 spiro atoms. The van der Waals surface area contributed by atoms with Gasteiger partial charge in [-0.05, 0) is 42.0 Å². The van der Waals surface area contributed by atoms with Gasteiger partial charge in [-0.3, -0.25) is 0 Å². The van der Waals surface area contributed by atoms with E-state index in [4.69, 9.17) is 9.47 Å². The number of nitrogens with zero attached hydrogens (tertiary/aromatic N) is 1. The number of benzene rings is 3. The standard InChI is InChI=1S/C23H16BrNO3/c24-19-12-10-16(11-13-19)15-27-21-9-5-4-8-18(21)14-20-23(26)28-22(25-20)17-6-2-1-3-7-17/h1-14H,15H2/b20-14+. The summed E-state index contributed by atoms with van der Waals surface area (Å²) in [5, 5.41) is 0. The van der Waals surface area contributed by atoms with Gasteiger partial charge in [0.05, 0.1) is 0 Å². The Balaban J connectivity index is 1.57. The number of esters is 1. The molecule has 0 amide bonds. The van der Waals surface area contributed by atoms with Crippen molar-refractivity contribution in [1.82, 2.24) is 0 Å². The quantitative estimate of drug-likeness (QED) is 0.401. The van der Waals surface area contributed by atoms with Crippen molar-refractivity contribution >= 4 is 33.9 Å². The van der Waals surface area contributed by atoms with Crippen molar-refractivity contribution in [2.45, 2.75) is 6.61 Å². The number of halogens is 1. The van der Waals surface area contributed by atoms with Crippen LogP contribution in [0.1, 0.15) is 16.7 Å². The minimum absolute atomic E-state index is 0.249. The van der Waals surface area contributed by atoms with Gasteiger partial charge >= 0.3 is 5.97 Å². The zero-order valence-corrected chi connectivity index (χ0v) is 16.4. The smallest absolute Gasteiger partial charge is 0.363 e. The molecule has 4 rings (SSSR count). The van der Waals surface area contributed by atoms with Crippen LogP contribution in [0.4, 0.5) is 0 Å². The van der Waals surface area contributed by atoms with Crippen LogP contribution in [0.5, 0.6) is 5.75 Å². The monoisotopic (exact) mass is 433 g/mol. The number of cyclic esters (lactones) is 1. The molecular formula is C23H16BrNO3. The first-order valence-corrected chi connectivity index (χ1v) is 9.52. The van der Waals surface area contributed by atoms with Crippen molar-refractivity contribution in [1.29, 1.82) is 0 Å². The summed E-state index contributed by atoms with van der Waals surface area (Å²) in [6.07, 6.45) is 1.69. The van der Waals surface area contributed by atoms with E-state index in [0.717, 1.165) is 21.2 Å². The number of rotatable bonds is 5. The van der Waals surface area contributed by atoms with E-state index in [0.29, 0.717) is 18.3 Å². The molecule has 138 valence electrons. The molecule has 0 aromatic heterocycles. The van der Waals surface area contributed by atoms with Crippen molar-refractivity contribution < 1.29 is 14.3 Å². The van der Waals surface area contributed by atoms with Crippen LogP contribution in [-0.2, 0) is 16.1 Å². The highest BCUT2D eigenvalue weighted by Gasteiger charge is 2.24. The zero-order valence-electron chi connectivity index (χ0n) is 14.8. The lowest BCUT2D eigenvalue weighted by molar-refractivity contribution is -0.129. The number of hydrogen-bond donors (Lipinski definition) is 0. The summed E-state index contributed by atoms with van der Waals surface area (Å²) in [5.74, 6) is 0.515. The summed E-state index contributed by atoms with van der Waals surface area (Å²) in [6.45, 7) is 0.427. The summed E-state index contributed by atoms with van der Waals surface area (Å²) in [4.78, 5) is 16.6. The van der Waals surface area contributed by atoms with E-state index in [2.05, 4.69) is 20.9 Å². The van der Waals surface area contributed by atoms with Gasteiger partial charge in [-0.25, -0.2) is 9.79 Å². The summed E-state index contributed by atoms with van der Waals surface area (Å²) in [5.41, 5.74) is 2.83. The van der Waals surface area contributed by atoms with E-state index in [1.165, 1.54) is 0 Å². The third-order valence-corrected chi connectivity index (χ3v) is 4.69. The molecule has 4 nitrogen and oxygen atoms in total. The third-order valence-electron chi connectivity index (χ3n) is 4.16. The number of carbonyl (C=O) groups is 1. The molecule has 0 radical (unpaired) electrons. The largest absolute Gasteiger partial charge is 0.488 e. The Morgan fingerprint density at radius 3 is 2.43 bits per heavy atom. The maximum absolute atomic E-state index is 12.2. The Labute approximate surface area is 171 Å². The van der Waals surface area contributed by atoms with Crippen LogP contribution < -0.4 is 4.74 Å². The molecule has 1 aliphatic heterocycles. The fourth-order valence-corrected chi connectivity index (χ4v) is 3.00. The minimum atomic E-state index is -0.471. The lowest BCUT2D eigenvalue weighted by Gasteiger charge is -2.09. The molecule has 0 bridgehead atoms. The van der Waals surface area contributed by atoms with Crippen molar-refractivity contribution in [3.63, 3.8) is 0 Å². The second-order valence-electron chi connectivity index (χ2n) is 6.16. The summed E-state index contributed by atoms with van der Waals surface area (Å²) in [6, 6.07) is 24.8. The Morgan fingerprint density at radius 1 is 0.929 bits per heavy atom. The van der Waals surface area contributed by atoms with Gasteiger partial charge < -0.3 is 9.47 Å². The SMILES string of the molecule is O=C1OC(c2ccccc2)=N/C1=C/c1ccccc1OCc1ccc(Br)cc1. The molecule has 0 N–H and O–H groups in total. The minimum Gasteiger partial charge on any atom is -0.488 e. The number of para-hydroxylation sites is 1. The van der Waals surface area contributed by atoms with Gasteiger partial charge in [0.2, 0.25) is 5.90 Å². The van der Waals surface area contributed by atoms with Crippen LogP contribution in [-0.4, -0.2) is 11.9 Å². The normalized spacial score (nSPS) is 14.7. The molecule has 0 saturated carbocycles. The summed E-state index contributed by atoms with van der Waals surface area (Å²) < 4.78 is 12.3. The molecule has 5 heteroatoms. The van der Waals surface area contributed by atoms with Crippen LogP contribution >= 0.6 is 15.9 Å². The van der Waals surface area contributed by atoms with Crippen LogP contribution in [0.3, 0.4) is 0 Å². The van der Waals surface area contributed by atoms with Crippen molar-refractivity contribution in [2.24, 2.45) is 4.99 Å². The van der Waals surface area contributed by atoms with Gasteiger partial charge in [-0.2, -0.15) is 0 Å². The Kier molecular flexibility index (Phi) is 5.35. The fraction of sp³-hybridized carbons (Fsp3) is 0.0435. The van der Waals surface area contributed by atoms with Crippen molar-refractivity contribution in [3.05, 3.63) is 106 Å². The number of aliphatic imine (C=N–C) groups is 1. The van der Waals surface area contributed by atoms with Gasteiger partial charge in [0.1, 0.15) is 12.4 Å². The fourth-order valence-electron chi connectivity index (χ4n) is 2.73. The Hall–Kier alpha value is -3.18. The van der Waals surface area contributed by atoms with E-state index in [1.54, 1.807) is 6.08 Å². The molecule has 0 atom stereocenters. The Morgan fingerprint density at radius 2 is 1.64 bits per heavy atom. The van der Waals surface area contributed by atoms with E-state index in [9.17, 15) is 4.79 Å². The summed E-state index contributed by atoms with van der Waals surface area (Å²) >= 11 is 3.42. The molecule has 0 fully saturated rings. The van der Waals surface area contributed by atoms with Crippen molar-refractivity contribution in [3.8, 4) is 5.75 Å². The number of hydrogen-bond acceptors (Lipinski definition) is 4. The molecule has 28 heavy (non-hydrogen) atoms. The lowest BCUT2D eigenvalue weighted by Crippen LogP contribution is -2.05. The maximum Gasteiger partial charge on any atom is 0.363 e. The van der Waals surface area contributed by atoms with E-state index in [1.807, 2.05) is 78.9 Å². The highest BCUT2D eigenvalue weighted by molar-refractivity contribution is 9.10. The van der Waals surface area contributed by atoms with E-state index < -0.39 is 5.97 Å². The molecule has 1 aliphatic rings. The van der Waals surface area contributed by atoms with Crippen molar-refractivity contribution in [2.75, 3.05) is 0 Å². The first-order valence-electron chi connectivity index (χ1n) is 8.73. The number of carbonyl (C=O) groups excluding carboxylic acids is 1. The molecular weight excluding hydrogens is 418 g/mol. The predicted octanol–water partition coefficient (Wildman–Crippen LogP) is 5.37. The lowest BCUT2D eigenvalue weighted by atomic mass is 10.1. The molecule has 0 aliphatic carbocycles. The average Bonchev–Trinajstić information content (AvgIpc) is 3.10. The van der Waals surface area contributed by atoms with Crippen LogP contribution in [0, 0.1) is 0 Å². The summed E-state index contributed by atoms with van der Waals surface area (Å²) in [7, 11) is 0. The maximum atomic E-state index is 12.2. The number of ether oxygens (including phenoxy) is 2. The molecule has 3 aromatic carbocycles. The predicted molar refractivity (Wildman–Crippen MR) is 112 cm³/mol. The van der Waals surface area contributed by atoms with Gasteiger partial charge in [0.25, 0.3) is 0 Å². The first-order chi connectivity index (χ1) is 13.7. The highest BCUT2D eigenvalue weighted by Crippen LogP contribution is 2.25. The van der Waals surface area contributed by atoms with Crippen LogP contribution in [0.15, 0.2) is 94.0 Å².